The van der Waals surface area contributed by atoms with Crippen LogP contribution in [0.4, 0.5) is 0 Å². The molecule has 0 amide bonds. The van der Waals surface area contributed by atoms with Crippen LogP contribution in [0.1, 0.15) is 38.2 Å². The van der Waals surface area contributed by atoms with Crippen LogP contribution >= 0.6 is 0 Å². The van der Waals surface area contributed by atoms with E-state index in [1.54, 1.807) is 30.3 Å². The van der Waals surface area contributed by atoms with E-state index in [2.05, 4.69) is 0 Å². The first-order valence-corrected chi connectivity index (χ1v) is 8.01. The second-order valence-corrected chi connectivity index (χ2v) is 5.35. The smallest absolute Gasteiger partial charge is 0.321 e. The molecule has 0 radical (unpaired) electrons. The van der Waals surface area contributed by atoms with E-state index in [4.69, 9.17) is 9.47 Å². The van der Waals surface area contributed by atoms with Crippen molar-refractivity contribution in [2.24, 2.45) is 5.92 Å². The van der Waals surface area contributed by atoms with E-state index >= 15 is 0 Å². The molecule has 1 rings (SSSR count). The minimum Gasteiger partial charge on any atom is -0.465 e. The summed E-state index contributed by atoms with van der Waals surface area (Å²) < 4.78 is 10.2. The number of carbonyl (C=O) groups excluding carboxylic acids is 2. The van der Waals surface area contributed by atoms with Gasteiger partial charge in [-0.25, -0.2) is 0 Å². The highest BCUT2D eigenvalue weighted by Gasteiger charge is 2.41. The molecule has 0 saturated carbocycles. The van der Waals surface area contributed by atoms with Crippen LogP contribution in [0.5, 0.6) is 0 Å². The number of carbonyl (C=O) groups is 2. The van der Waals surface area contributed by atoms with Gasteiger partial charge in [0.25, 0.3) is 0 Å². The van der Waals surface area contributed by atoms with E-state index in [0.29, 0.717) is 18.4 Å². The monoisotopic (exact) mass is 337 g/mol. The summed E-state index contributed by atoms with van der Waals surface area (Å²) >= 11 is 0. The van der Waals surface area contributed by atoms with Crippen LogP contribution in [-0.2, 0) is 19.1 Å². The van der Waals surface area contributed by atoms with E-state index in [1.807, 2.05) is 13.8 Å². The van der Waals surface area contributed by atoms with Crippen molar-refractivity contribution in [2.45, 2.75) is 32.6 Å². The van der Waals surface area contributed by atoms with E-state index in [9.17, 15) is 19.7 Å². The van der Waals surface area contributed by atoms with Crippen molar-refractivity contribution in [3.63, 3.8) is 0 Å². The standard InChI is InChI=1S/C17H23NO6/c1-3-10-23-16(19)15(17(20)24-11-4-2)14(12-18(21)22)13-8-6-5-7-9-13/h5-9,14-15H,3-4,10-12H2,1-2H3. The Morgan fingerprint density at radius 2 is 1.54 bits per heavy atom. The molecule has 0 aromatic heterocycles. The number of nitro groups is 1. The lowest BCUT2D eigenvalue weighted by Crippen LogP contribution is -2.36. The molecule has 1 aromatic rings. The summed E-state index contributed by atoms with van der Waals surface area (Å²) in [6.45, 7) is 3.39. The molecule has 0 bridgehead atoms. The summed E-state index contributed by atoms with van der Waals surface area (Å²) in [6.07, 6.45) is 1.18. The highest BCUT2D eigenvalue weighted by Crippen LogP contribution is 2.28. The third-order valence-electron chi connectivity index (χ3n) is 3.38. The zero-order valence-electron chi connectivity index (χ0n) is 14.0. The van der Waals surface area contributed by atoms with Crippen molar-refractivity contribution >= 4 is 11.9 Å². The van der Waals surface area contributed by atoms with Crippen LogP contribution in [0, 0.1) is 16.0 Å². The fourth-order valence-electron chi connectivity index (χ4n) is 2.27. The van der Waals surface area contributed by atoms with Gasteiger partial charge in [-0.3, -0.25) is 19.7 Å². The van der Waals surface area contributed by atoms with Gasteiger partial charge in [-0.2, -0.15) is 0 Å². The van der Waals surface area contributed by atoms with Gasteiger partial charge in [0, 0.05) is 4.92 Å². The van der Waals surface area contributed by atoms with Crippen molar-refractivity contribution in [3.8, 4) is 0 Å². The molecule has 7 heteroatoms. The maximum absolute atomic E-state index is 12.4. The Morgan fingerprint density at radius 1 is 1.04 bits per heavy atom. The average Bonchev–Trinajstić information content (AvgIpc) is 2.57. The maximum Gasteiger partial charge on any atom is 0.321 e. The van der Waals surface area contributed by atoms with Crippen LogP contribution in [-0.4, -0.2) is 36.6 Å². The fourth-order valence-corrected chi connectivity index (χ4v) is 2.27. The fraction of sp³-hybridized carbons (Fsp3) is 0.529. The molecule has 0 N–H and O–H groups in total. The SMILES string of the molecule is CCCOC(=O)C(C(=O)OCCC)C(C[N+](=O)[O-])c1ccccc1. The summed E-state index contributed by atoms with van der Waals surface area (Å²) in [7, 11) is 0. The Hall–Kier alpha value is -2.44. The quantitative estimate of drug-likeness (QED) is 0.282. The van der Waals surface area contributed by atoms with E-state index in [0.717, 1.165) is 0 Å². The summed E-state index contributed by atoms with van der Waals surface area (Å²) in [5.74, 6) is -3.85. The lowest BCUT2D eigenvalue weighted by atomic mass is 9.86. The molecule has 0 aliphatic carbocycles. The van der Waals surface area contributed by atoms with Crippen LogP contribution in [0.25, 0.3) is 0 Å². The first-order valence-electron chi connectivity index (χ1n) is 8.01. The van der Waals surface area contributed by atoms with Crippen molar-refractivity contribution in [3.05, 3.63) is 46.0 Å². The molecular weight excluding hydrogens is 314 g/mol. The molecule has 0 fully saturated rings. The highest BCUT2D eigenvalue weighted by molar-refractivity contribution is 5.96. The van der Waals surface area contributed by atoms with Crippen molar-refractivity contribution in [2.75, 3.05) is 19.8 Å². The number of hydrogen-bond acceptors (Lipinski definition) is 6. The topological polar surface area (TPSA) is 95.7 Å². The zero-order chi connectivity index (χ0) is 17.9. The molecular formula is C17H23NO6. The summed E-state index contributed by atoms with van der Waals surface area (Å²) in [5, 5.41) is 11.1. The molecule has 7 nitrogen and oxygen atoms in total. The Bertz CT molecular complexity index is 525. The molecule has 0 spiro atoms. The predicted octanol–water partition coefficient (Wildman–Crippen LogP) is 2.57. The minimum absolute atomic E-state index is 0.149. The Kier molecular flexibility index (Phi) is 8.46. The van der Waals surface area contributed by atoms with Gasteiger partial charge in [-0.15, -0.1) is 0 Å². The normalized spacial score (nSPS) is 11.8. The van der Waals surface area contributed by atoms with Gasteiger partial charge in [-0.1, -0.05) is 44.2 Å². The largest absolute Gasteiger partial charge is 0.465 e. The van der Waals surface area contributed by atoms with Crippen LogP contribution in [0.2, 0.25) is 0 Å². The van der Waals surface area contributed by atoms with Gasteiger partial charge in [0.1, 0.15) is 0 Å². The molecule has 1 atom stereocenters. The number of esters is 2. The molecule has 132 valence electrons. The Balaban J connectivity index is 3.15. The van der Waals surface area contributed by atoms with Gasteiger partial charge in [0.05, 0.1) is 19.1 Å². The van der Waals surface area contributed by atoms with Gasteiger partial charge in [0.2, 0.25) is 6.54 Å². The number of nitrogens with zero attached hydrogens (tertiary/aromatic N) is 1. The van der Waals surface area contributed by atoms with Crippen molar-refractivity contribution < 1.29 is 24.0 Å². The van der Waals surface area contributed by atoms with Crippen LogP contribution in [0.3, 0.4) is 0 Å². The number of benzene rings is 1. The van der Waals surface area contributed by atoms with E-state index < -0.39 is 35.2 Å². The van der Waals surface area contributed by atoms with Crippen molar-refractivity contribution in [1.29, 1.82) is 0 Å². The number of rotatable bonds is 10. The third-order valence-corrected chi connectivity index (χ3v) is 3.38. The Labute approximate surface area is 141 Å². The first-order chi connectivity index (χ1) is 11.5. The summed E-state index contributed by atoms with van der Waals surface area (Å²) in [5.41, 5.74) is 0.529. The minimum atomic E-state index is -1.35. The molecule has 0 heterocycles. The molecule has 0 saturated heterocycles. The van der Waals surface area contributed by atoms with Gasteiger partial charge < -0.3 is 9.47 Å². The first kappa shape index (κ1) is 19.6. The van der Waals surface area contributed by atoms with Crippen LogP contribution in [0.15, 0.2) is 30.3 Å². The Morgan fingerprint density at radius 3 is 1.96 bits per heavy atom. The lowest BCUT2D eigenvalue weighted by Gasteiger charge is -2.22. The lowest BCUT2D eigenvalue weighted by molar-refractivity contribution is -0.484. The van der Waals surface area contributed by atoms with E-state index in [1.165, 1.54) is 0 Å². The van der Waals surface area contributed by atoms with Crippen molar-refractivity contribution in [1.82, 2.24) is 0 Å². The van der Waals surface area contributed by atoms with Gasteiger partial charge >= 0.3 is 11.9 Å². The molecule has 24 heavy (non-hydrogen) atoms. The second-order valence-electron chi connectivity index (χ2n) is 5.35. The third kappa shape index (κ3) is 5.98. The summed E-state index contributed by atoms with van der Waals surface area (Å²) in [6, 6.07) is 8.47. The van der Waals surface area contributed by atoms with Gasteiger partial charge in [-0.05, 0) is 18.4 Å². The molecule has 1 aromatic carbocycles. The number of hydrogen-bond donors (Lipinski definition) is 0. The summed E-state index contributed by atoms with van der Waals surface area (Å²) in [4.78, 5) is 35.2. The number of ether oxygens (including phenoxy) is 2. The van der Waals surface area contributed by atoms with E-state index in [-0.39, 0.29) is 13.2 Å². The van der Waals surface area contributed by atoms with Crippen LogP contribution < -0.4 is 0 Å². The zero-order valence-corrected chi connectivity index (χ0v) is 14.0. The molecule has 0 aliphatic rings. The van der Waals surface area contributed by atoms with Gasteiger partial charge in [0.15, 0.2) is 5.92 Å². The highest BCUT2D eigenvalue weighted by atomic mass is 16.6. The average molecular weight is 337 g/mol. The molecule has 0 aliphatic heterocycles. The second kappa shape index (κ2) is 10.4. The predicted molar refractivity (Wildman–Crippen MR) is 87.0 cm³/mol. The maximum atomic E-state index is 12.4. The molecule has 1 unspecified atom stereocenters.